The number of rotatable bonds is 5. The zero-order valence-corrected chi connectivity index (χ0v) is 12.8. The molecule has 1 unspecified atom stereocenters. The van der Waals surface area contributed by atoms with Crippen molar-refractivity contribution in [2.45, 2.75) is 25.8 Å². The van der Waals surface area contributed by atoms with Crippen LogP contribution < -0.4 is 11.3 Å². The zero-order chi connectivity index (χ0) is 14.5. The molecule has 2 aromatic rings. The van der Waals surface area contributed by atoms with Gasteiger partial charge in [-0.2, -0.15) is 0 Å². The van der Waals surface area contributed by atoms with Gasteiger partial charge in [-0.25, -0.2) is 4.39 Å². The first-order chi connectivity index (χ1) is 9.63. The van der Waals surface area contributed by atoms with Crippen molar-refractivity contribution in [1.29, 1.82) is 0 Å². The molecule has 0 aliphatic rings. The standard InChI is InChI=1S/C15H17BrFN3/c1-2-11-9-19-4-3-14(11)15(20-18)7-10-5-12(16)8-13(17)6-10/h3-6,8-9,15,20H,2,7,18H2,1H3. The van der Waals surface area contributed by atoms with Gasteiger partial charge in [-0.1, -0.05) is 22.9 Å². The summed E-state index contributed by atoms with van der Waals surface area (Å²) < 4.78 is 14.2. The van der Waals surface area contributed by atoms with E-state index in [1.165, 1.54) is 12.1 Å². The number of hydrogen-bond acceptors (Lipinski definition) is 3. The third-order valence-electron chi connectivity index (χ3n) is 3.26. The predicted molar refractivity (Wildman–Crippen MR) is 81.5 cm³/mol. The van der Waals surface area contributed by atoms with Crippen LogP contribution in [0.2, 0.25) is 0 Å². The van der Waals surface area contributed by atoms with Crippen LogP contribution in [0.25, 0.3) is 0 Å². The first kappa shape index (κ1) is 15.1. The quantitative estimate of drug-likeness (QED) is 0.650. The van der Waals surface area contributed by atoms with Gasteiger partial charge < -0.3 is 0 Å². The van der Waals surface area contributed by atoms with Crippen molar-refractivity contribution in [3.05, 3.63) is 63.6 Å². The van der Waals surface area contributed by atoms with Crippen LogP contribution in [-0.4, -0.2) is 4.98 Å². The predicted octanol–water partition coefficient (Wildman–Crippen LogP) is 3.29. The van der Waals surface area contributed by atoms with Gasteiger partial charge in [0.15, 0.2) is 0 Å². The Labute approximate surface area is 126 Å². The molecule has 3 N–H and O–H groups in total. The van der Waals surface area contributed by atoms with Crippen molar-refractivity contribution in [2.75, 3.05) is 0 Å². The van der Waals surface area contributed by atoms with Gasteiger partial charge in [-0.05, 0) is 53.8 Å². The number of halogens is 2. The van der Waals surface area contributed by atoms with Crippen LogP contribution in [0.5, 0.6) is 0 Å². The molecule has 0 radical (unpaired) electrons. The van der Waals surface area contributed by atoms with Gasteiger partial charge in [0.2, 0.25) is 0 Å². The lowest BCUT2D eigenvalue weighted by Gasteiger charge is -2.19. The summed E-state index contributed by atoms with van der Waals surface area (Å²) in [6.07, 6.45) is 5.10. The largest absolute Gasteiger partial charge is 0.271 e. The van der Waals surface area contributed by atoms with Crippen molar-refractivity contribution >= 4 is 15.9 Å². The summed E-state index contributed by atoms with van der Waals surface area (Å²) >= 11 is 3.31. The molecule has 5 heteroatoms. The van der Waals surface area contributed by atoms with Crippen LogP contribution >= 0.6 is 15.9 Å². The molecule has 0 amide bonds. The lowest BCUT2D eigenvalue weighted by Crippen LogP contribution is -2.30. The van der Waals surface area contributed by atoms with Gasteiger partial charge in [-0.3, -0.25) is 16.3 Å². The number of nitrogens with two attached hydrogens (primary N) is 1. The molecule has 2 rings (SSSR count). The summed E-state index contributed by atoms with van der Waals surface area (Å²) in [5, 5.41) is 0. The molecule has 0 spiro atoms. The number of aryl methyl sites for hydroxylation is 1. The van der Waals surface area contributed by atoms with Gasteiger partial charge >= 0.3 is 0 Å². The second-order valence-electron chi connectivity index (χ2n) is 4.63. The summed E-state index contributed by atoms with van der Waals surface area (Å²) in [6.45, 7) is 2.08. The van der Waals surface area contributed by atoms with E-state index in [1.54, 1.807) is 6.20 Å². The van der Waals surface area contributed by atoms with Crippen molar-refractivity contribution in [2.24, 2.45) is 5.84 Å². The molecule has 0 saturated heterocycles. The highest BCUT2D eigenvalue weighted by Gasteiger charge is 2.14. The zero-order valence-electron chi connectivity index (χ0n) is 11.2. The molecular weight excluding hydrogens is 321 g/mol. The Kier molecular flexibility index (Phi) is 5.23. The van der Waals surface area contributed by atoms with E-state index >= 15 is 0 Å². The van der Waals surface area contributed by atoms with E-state index in [-0.39, 0.29) is 11.9 Å². The molecule has 1 aromatic carbocycles. The smallest absolute Gasteiger partial charge is 0.124 e. The summed E-state index contributed by atoms with van der Waals surface area (Å²) in [5.74, 6) is 5.42. The fourth-order valence-corrected chi connectivity index (χ4v) is 2.81. The van der Waals surface area contributed by atoms with Crippen LogP contribution in [0.15, 0.2) is 41.1 Å². The monoisotopic (exact) mass is 337 g/mol. The molecule has 0 bridgehead atoms. The molecule has 1 aromatic heterocycles. The van der Waals surface area contributed by atoms with Crippen LogP contribution in [0, 0.1) is 5.82 Å². The number of pyridine rings is 1. The topological polar surface area (TPSA) is 50.9 Å². The van der Waals surface area contributed by atoms with E-state index in [9.17, 15) is 4.39 Å². The van der Waals surface area contributed by atoms with E-state index in [0.29, 0.717) is 6.42 Å². The molecule has 0 saturated carbocycles. The van der Waals surface area contributed by atoms with Gasteiger partial charge in [0.25, 0.3) is 0 Å². The number of hydrazine groups is 1. The number of aromatic nitrogens is 1. The minimum absolute atomic E-state index is 0.0679. The Morgan fingerprint density at radius 1 is 1.40 bits per heavy atom. The summed E-state index contributed by atoms with van der Waals surface area (Å²) in [4.78, 5) is 4.13. The number of hydrogen-bond donors (Lipinski definition) is 2. The highest BCUT2D eigenvalue weighted by Crippen LogP contribution is 2.23. The maximum Gasteiger partial charge on any atom is 0.124 e. The highest BCUT2D eigenvalue weighted by atomic mass is 79.9. The van der Waals surface area contributed by atoms with Gasteiger partial charge in [0.05, 0.1) is 6.04 Å². The molecule has 0 fully saturated rings. The number of benzene rings is 1. The van der Waals surface area contributed by atoms with Crippen molar-refractivity contribution < 1.29 is 4.39 Å². The second kappa shape index (κ2) is 6.92. The van der Waals surface area contributed by atoms with Crippen molar-refractivity contribution in [3.8, 4) is 0 Å². The van der Waals surface area contributed by atoms with Gasteiger partial charge in [0.1, 0.15) is 5.82 Å². The van der Waals surface area contributed by atoms with E-state index in [0.717, 1.165) is 27.6 Å². The first-order valence-electron chi connectivity index (χ1n) is 6.48. The third-order valence-corrected chi connectivity index (χ3v) is 3.72. The van der Waals surface area contributed by atoms with Crippen LogP contribution in [-0.2, 0) is 12.8 Å². The lowest BCUT2D eigenvalue weighted by molar-refractivity contribution is 0.543. The molecular formula is C15H17BrFN3. The molecule has 3 nitrogen and oxygen atoms in total. The van der Waals surface area contributed by atoms with Gasteiger partial charge in [-0.15, -0.1) is 0 Å². The summed E-state index contributed by atoms with van der Waals surface area (Å²) in [7, 11) is 0. The molecule has 0 aliphatic carbocycles. The Morgan fingerprint density at radius 2 is 2.20 bits per heavy atom. The normalized spacial score (nSPS) is 12.4. The molecule has 1 atom stereocenters. The van der Waals surface area contributed by atoms with Crippen LogP contribution in [0.4, 0.5) is 4.39 Å². The van der Waals surface area contributed by atoms with Crippen molar-refractivity contribution in [1.82, 2.24) is 10.4 Å². The maximum absolute atomic E-state index is 13.4. The molecule has 0 aliphatic heterocycles. The van der Waals surface area contributed by atoms with E-state index in [4.69, 9.17) is 5.84 Å². The minimum Gasteiger partial charge on any atom is -0.271 e. The van der Waals surface area contributed by atoms with E-state index < -0.39 is 0 Å². The average Bonchev–Trinajstić information content (AvgIpc) is 2.43. The Morgan fingerprint density at radius 3 is 2.85 bits per heavy atom. The second-order valence-corrected chi connectivity index (χ2v) is 5.54. The lowest BCUT2D eigenvalue weighted by atomic mass is 9.95. The number of nitrogens with zero attached hydrogens (tertiary/aromatic N) is 1. The maximum atomic E-state index is 13.4. The van der Waals surface area contributed by atoms with E-state index in [2.05, 4.69) is 33.3 Å². The Hall–Kier alpha value is -1.30. The Balaban J connectivity index is 2.28. The summed E-state index contributed by atoms with van der Waals surface area (Å²) in [5.41, 5.74) is 5.95. The minimum atomic E-state index is -0.254. The van der Waals surface area contributed by atoms with Crippen LogP contribution in [0.1, 0.15) is 29.7 Å². The Bertz CT molecular complexity index is 569. The first-order valence-corrected chi connectivity index (χ1v) is 7.27. The summed E-state index contributed by atoms with van der Waals surface area (Å²) in [6, 6.07) is 6.76. The molecule has 20 heavy (non-hydrogen) atoms. The molecule has 1 heterocycles. The average molecular weight is 338 g/mol. The third kappa shape index (κ3) is 3.62. The number of nitrogens with one attached hydrogen (secondary N) is 1. The fourth-order valence-electron chi connectivity index (χ4n) is 2.30. The molecule has 106 valence electrons. The highest BCUT2D eigenvalue weighted by molar-refractivity contribution is 9.10. The van der Waals surface area contributed by atoms with Gasteiger partial charge in [0, 0.05) is 16.9 Å². The van der Waals surface area contributed by atoms with E-state index in [1.807, 2.05) is 18.3 Å². The fraction of sp³-hybridized carbons (Fsp3) is 0.267. The SMILES string of the molecule is CCc1cnccc1C(Cc1cc(F)cc(Br)c1)NN. The van der Waals surface area contributed by atoms with Crippen LogP contribution in [0.3, 0.4) is 0 Å². The van der Waals surface area contributed by atoms with Crippen molar-refractivity contribution in [3.63, 3.8) is 0 Å².